The van der Waals surface area contributed by atoms with Gasteiger partial charge in [-0.25, -0.2) is 26.1 Å². The molecule has 0 aliphatic rings. The summed E-state index contributed by atoms with van der Waals surface area (Å²) in [7, 11) is -3.76. The molecule has 9 nitrogen and oxygen atoms in total. The fraction of sp³-hybridized carbons (Fsp3) is 0.194. The molecular formula is C31H25F6N5O4S. The third-order valence-electron chi connectivity index (χ3n) is 7.02. The van der Waals surface area contributed by atoms with Gasteiger partial charge in [0.15, 0.2) is 39.5 Å². The molecule has 0 bridgehead atoms. The maximum Gasteiger partial charge on any atom is 0.422 e. The Morgan fingerprint density at radius 1 is 0.936 bits per heavy atom. The van der Waals surface area contributed by atoms with Crippen molar-refractivity contribution in [2.24, 2.45) is 0 Å². The molecule has 0 saturated carbocycles. The van der Waals surface area contributed by atoms with Gasteiger partial charge in [-0.05, 0) is 60.9 Å². The van der Waals surface area contributed by atoms with E-state index in [4.69, 9.17) is 4.74 Å². The fourth-order valence-corrected chi connectivity index (χ4v) is 5.37. The predicted octanol–water partition coefficient (Wildman–Crippen LogP) is 6.45. The van der Waals surface area contributed by atoms with Crippen LogP contribution in [0.2, 0.25) is 0 Å². The van der Waals surface area contributed by atoms with Gasteiger partial charge in [-0.3, -0.25) is 4.79 Å². The number of hydrogen-bond donors (Lipinski definition) is 2. The van der Waals surface area contributed by atoms with Gasteiger partial charge in [0.1, 0.15) is 5.75 Å². The Kier molecular flexibility index (Phi) is 8.90. The number of pyridine rings is 1. The monoisotopic (exact) mass is 677 g/mol. The topological polar surface area (TPSA) is 115 Å². The Balaban J connectivity index is 1.37. The Labute approximate surface area is 264 Å². The molecule has 0 saturated heterocycles. The van der Waals surface area contributed by atoms with Crippen LogP contribution in [0, 0.1) is 31.3 Å². The van der Waals surface area contributed by atoms with Crippen LogP contribution < -0.4 is 15.4 Å². The number of fused-ring (bicyclic) bond motifs is 1. The Hall–Kier alpha value is -5.12. The van der Waals surface area contributed by atoms with Crippen molar-refractivity contribution in [3.63, 3.8) is 0 Å². The van der Waals surface area contributed by atoms with Crippen molar-refractivity contribution in [1.82, 2.24) is 19.9 Å². The van der Waals surface area contributed by atoms with Gasteiger partial charge >= 0.3 is 6.18 Å². The lowest BCUT2D eigenvalue weighted by molar-refractivity contribution is -0.153. The summed E-state index contributed by atoms with van der Waals surface area (Å²) in [5.74, 6) is -5.25. The minimum Gasteiger partial charge on any atom is -0.482 e. The molecule has 246 valence electrons. The van der Waals surface area contributed by atoms with E-state index >= 15 is 0 Å². The quantitative estimate of drug-likeness (QED) is 0.136. The highest BCUT2D eigenvalue weighted by Gasteiger charge is 2.29. The summed E-state index contributed by atoms with van der Waals surface area (Å²) in [5.41, 5.74) is 2.67. The molecule has 5 rings (SSSR count). The number of carbonyl (C=O) groups excluding carboxylic acids is 1. The maximum absolute atomic E-state index is 14.0. The summed E-state index contributed by atoms with van der Waals surface area (Å²) in [6.45, 7) is 1.17. The van der Waals surface area contributed by atoms with E-state index in [1.807, 2.05) is 0 Å². The second kappa shape index (κ2) is 12.6. The van der Waals surface area contributed by atoms with Crippen molar-refractivity contribution < 1.29 is 44.3 Å². The van der Waals surface area contributed by atoms with E-state index in [-0.39, 0.29) is 45.5 Å². The van der Waals surface area contributed by atoms with Crippen LogP contribution in [-0.2, 0) is 16.4 Å². The molecule has 0 fully saturated rings. The van der Waals surface area contributed by atoms with Crippen molar-refractivity contribution >= 4 is 33.0 Å². The summed E-state index contributed by atoms with van der Waals surface area (Å²) in [4.78, 5) is 16.9. The summed E-state index contributed by atoms with van der Waals surface area (Å²) in [6, 6.07) is 12.4. The van der Waals surface area contributed by atoms with E-state index in [0.717, 1.165) is 24.5 Å². The summed E-state index contributed by atoms with van der Waals surface area (Å²) in [5, 5.41) is 9.67. The second-order valence-electron chi connectivity index (χ2n) is 10.6. The van der Waals surface area contributed by atoms with Gasteiger partial charge in [0.05, 0.1) is 10.6 Å². The van der Waals surface area contributed by atoms with Crippen LogP contribution in [0.5, 0.6) is 5.75 Å². The van der Waals surface area contributed by atoms with Crippen LogP contribution >= 0.6 is 0 Å². The molecule has 47 heavy (non-hydrogen) atoms. The van der Waals surface area contributed by atoms with Crippen molar-refractivity contribution in [2.75, 3.05) is 18.2 Å². The number of aryl methyl sites for hydroxylation is 2. The molecule has 16 heteroatoms. The third kappa shape index (κ3) is 7.48. The van der Waals surface area contributed by atoms with Crippen molar-refractivity contribution in [3.8, 4) is 16.9 Å². The molecule has 0 atom stereocenters. The number of nitrogens with one attached hydrogen (secondary N) is 2. The largest absolute Gasteiger partial charge is 0.482 e. The Bertz CT molecular complexity index is 2130. The average molecular weight is 678 g/mol. The molecule has 2 aromatic heterocycles. The lowest BCUT2D eigenvalue weighted by Gasteiger charge is -2.16. The van der Waals surface area contributed by atoms with Crippen LogP contribution in [0.3, 0.4) is 0 Å². The molecule has 3 aromatic carbocycles. The van der Waals surface area contributed by atoms with Gasteiger partial charge in [0.25, 0.3) is 5.91 Å². The molecule has 0 radical (unpaired) electrons. The molecular weight excluding hydrogens is 652 g/mol. The number of benzene rings is 3. The smallest absolute Gasteiger partial charge is 0.422 e. The zero-order valence-corrected chi connectivity index (χ0v) is 25.7. The number of rotatable bonds is 9. The van der Waals surface area contributed by atoms with Crippen molar-refractivity contribution in [1.29, 1.82) is 0 Å². The standard InChI is InChI=1S/C31H25F6N5O4S/c1-16-10-18(4-7-22(16)29(43)38-13-19-5-8-23(32)27(34)26(19)33)20-6-9-25-39-30(41-42(25)14-20)40-28-17(2)11-21(47(3,44)45)12-24(28)46-15-31(35,36)37/h4-12,14H,13,15H2,1-3H3,(H,38,43)(H,40,41). The summed E-state index contributed by atoms with van der Waals surface area (Å²) in [6.07, 6.45) is -2.11. The summed E-state index contributed by atoms with van der Waals surface area (Å²) < 4.78 is 110. The van der Waals surface area contributed by atoms with Gasteiger partial charge in [-0.1, -0.05) is 18.2 Å². The van der Waals surface area contributed by atoms with E-state index in [1.54, 1.807) is 43.5 Å². The first-order valence-corrected chi connectivity index (χ1v) is 15.6. The molecule has 2 N–H and O–H groups in total. The van der Waals surface area contributed by atoms with Gasteiger partial charge in [-0.15, -0.1) is 5.10 Å². The van der Waals surface area contributed by atoms with Crippen LogP contribution in [0.4, 0.5) is 38.0 Å². The molecule has 2 heterocycles. The van der Waals surface area contributed by atoms with E-state index in [2.05, 4.69) is 20.7 Å². The Morgan fingerprint density at radius 3 is 2.34 bits per heavy atom. The van der Waals surface area contributed by atoms with Gasteiger partial charge in [-0.2, -0.15) is 18.2 Å². The molecule has 0 spiro atoms. The van der Waals surface area contributed by atoms with E-state index in [0.29, 0.717) is 22.3 Å². The van der Waals surface area contributed by atoms with Crippen LogP contribution in [0.1, 0.15) is 27.0 Å². The number of anilines is 2. The number of hydrogen-bond acceptors (Lipinski definition) is 7. The number of alkyl halides is 3. The number of amides is 1. The second-order valence-corrected chi connectivity index (χ2v) is 12.6. The van der Waals surface area contributed by atoms with E-state index in [9.17, 15) is 39.6 Å². The van der Waals surface area contributed by atoms with Gasteiger partial charge in [0, 0.05) is 41.8 Å². The van der Waals surface area contributed by atoms with E-state index in [1.165, 1.54) is 17.5 Å². The van der Waals surface area contributed by atoms with Gasteiger partial charge in [0.2, 0.25) is 5.95 Å². The molecule has 0 aliphatic carbocycles. The summed E-state index contributed by atoms with van der Waals surface area (Å²) >= 11 is 0. The Morgan fingerprint density at radius 2 is 1.66 bits per heavy atom. The molecule has 1 amide bonds. The first-order valence-electron chi connectivity index (χ1n) is 13.7. The molecule has 5 aromatic rings. The predicted molar refractivity (Wildman–Crippen MR) is 160 cm³/mol. The minimum absolute atomic E-state index is 0.00473. The highest BCUT2D eigenvalue weighted by Crippen LogP contribution is 2.35. The van der Waals surface area contributed by atoms with Crippen molar-refractivity contribution in [3.05, 3.63) is 100 Å². The third-order valence-corrected chi connectivity index (χ3v) is 8.11. The van der Waals surface area contributed by atoms with Crippen LogP contribution in [0.25, 0.3) is 16.8 Å². The lowest BCUT2D eigenvalue weighted by Crippen LogP contribution is -2.24. The number of halogens is 6. The number of nitrogens with zero attached hydrogens (tertiary/aromatic N) is 3. The van der Waals surface area contributed by atoms with Crippen LogP contribution in [-0.4, -0.2) is 48.0 Å². The first-order chi connectivity index (χ1) is 22.0. The minimum atomic E-state index is -4.67. The molecule has 0 aliphatic heterocycles. The highest BCUT2D eigenvalue weighted by molar-refractivity contribution is 7.90. The van der Waals surface area contributed by atoms with E-state index < -0.39 is 46.0 Å². The van der Waals surface area contributed by atoms with Crippen molar-refractivity contribution in [2.45, 2.75) is 31.5 Å². The number of aromatic nitrogens is 3. The highest BCUT2D eigenvalue weighted by atomic mass is 32.2. The van der Waals surface area contributed by atoms with Crippen LogP contribution in [0.15, 0.2) is 65.7 Å². The zero-order valence-electron chi connectivity index (χ0n) is 24.8. The first kappa shape index (κ1) is 33.2. The lowest BCUT2D eigenvalue weighted by atomic mass is 10.0. The fourth-order valence-electron chi connectivity index (χ4n) is 4.66. The SMILES string of the molecule is Cc1cc(-c2ccc3nc(Nc4c(C)cc(S(C)(=O)=O)cc4OCC(F)(F)F)nn3c2)ccc1C(=O)NCc1ccc(F)c(F)c1F. The van der Waals surface area contributed by atoms with Gasteiger partial charge < -0.3 is 15.4 Å². The average Bonchev–Trinajstić information content (AvgIpc) is 3.40. The zero-order chi connectivity index (χ0) is 34.3. The normalized spacial score (nSPS) is 11.9. The maximum atomic E-state index is 14.0. The molecule has 0 unspecified atom stereocenters. The number of ether oxygens (including phenoxy) is 1. The number of sulfone groups is 1. The number of carbonyl (C=O) groups is 1.